The Morgan fingerprint density at radius 1 is 1.18 bits per heavy atom. The minimum atomic E-state index is -2.98. The first-order valence-electron chi connectivity index (χ1n) is 8.84. The third-order valence-electron chi connectivity index (χ3n) is 5.37. The highest BCUT2D eigenvalue weighted by Gasteiger charge is 2.49. The summed E-state index contributed by atoms with van der Waals surface area (Å²) in [5.74, 6) is -4.58. The standard InChI is InChI=1S/C21H22F3N3O/c1-12-11-15(22)9-10-16(12)20(2)17(18(28)27(4)19(25)26-20)13-5-7-14(8-6-13)21(3,23)24/h5-11,17H,1-4H3,(H2,25,26)/t17-,20+/m0/s1. The van der Waals surface area contributed by atoms with Crippen molar-refractivity contribution in [1.82, 2.24) is 10.2 Å². The van der Waals surface area contributed by atoms with Gasteiger partial charge in [-0.1, -0.05) is 30.3 Å². The summed E-state index contributed by atoms with van der Waals surface area (Å²) in [5, 5.41) is 11.2. The molecule has 1 heterocycles. The van der Waals surface area contributed by atoms with Crippen LogP contribution in [0.3, 0.4) is 0 Å². The van der Waals surface area contributed by atoms with E-state index in [1.807, 2.05) is 0 Å². The third-order valence-corrected chi connectivity index (χ3v) is 5.37. The molecule has 0 unspecified atom stereocenters. The van der Waals surface area contributed by atoms with E-state index in [-0.39, 0.29) is 17.4 Å². The predicted octanol–water partition coefficient (Wildman–Crippen LogP) is 4.24. The summed E-state index contributed by atoms with van der Waals surface area (Å²) in [5.41, 5.74) is 0.635. The van der Waals surface area contributed by atoms with Crippen molar-refractivity contribution in [2.45, 2.75) is 38.2 Å². The van der Waals surface area contributed by atoms with Crippen molar-refractivity contribution < 1.29 is 18.0 Å². The number of aryl methyl sites for hydroxylation is 1. The largest absolute Gasteiger partial charge is 0.346 e. The van der Waals surface area contributed by atoms with E-state index in [1.165, 1.54) is 48.3 Å². The van der Waals surface area contributed by atoms with Crippen molar-refractivity contribution in [2.24, 2.45) is 0 Å². The quantitative estimate of drug-likeness (QED) is 0.825. The second kappa shape index (κ2) is 6.65. The van der Waals surface area contributed by atoms with Crippen LogP contribution in [-0.2, 0) is 16.3 Å². The summed E-state index contributed by atoms with van der Waals surface area (Å²) in [7, 11) is 1.48. The maximum Gasteiger partial charge on any atom is 0.270 e. The second-order valence-electron chi connectivity index (χ2n) is 7.48. The third kappa shape index (κ3) is 3.25. The molecule has 148 valence electrons. The lowest BCUT2D eigenvalue weighted by Gasteiger charge is -2.46. The molecule has 28 heavy (non-hydrogen) atoms. The molecule has 4 nitrogen and oxygen atoms in total. The Hall–Kier alpha value is -2.83. The number of halogens is 3. The minimum Gasteiger partial charge on any atom is -0.346 e. The van der Waals surface area contributed by atoms with Gasteiger partial charge < -0.3 is 5.32 Å². The average Bonchev–Trinajstić information content (AvgIpc) is 2.59. The van der Waals surface area contributed by atoms with Crippen molar-refractivity contribution in [2.75, 3.05) is 7.05 Å². The fourth-order valence-electron chi connectivity index (χ4n) is 3.83. The molecular weight excluding hydrogens is 367 g/mol. The van der Waals surface area contributed by atoms with E-state index < -0.39 is 23.2 Å². The van der Waals surface area contributed by atoms with Gasteiger partial charge in [0.05, 0.1) is 11.5 Å². The SMILES string of the molecule is Cc1cc(F)ccc1[C@@]1(C)NC(=N)N(C)C(=O)[C@@H]1c1ccc(C(C)(F)F)cc1. The molecule has 1 aliphatic rings. The van der Waals surface area contributed by atoms with Crippen LogP contribution in [-0.4, -0.2) is 23.8 Å². The number of benzene rings is 2. The van der Waals surface area contributed by atoms with Gasteiger partial charge in [-0.05, 0) is 42.7 Å². The summed E-state index contributed by atoms with van der Waals surface area (Å²) in [6, 6.07) is 9.89. The maximum atomic E-state index is 13.6. The first-order chi connectivity index (χ1) is 12.9. The molecule has 1 saturated heterocycles. The number of rotatable bonds is 3. The summed E-state index contributed by atoms with van der Waals surface area (Å²) >= 11 is 0. The molecule has 2 N–H and O–H groups in total. The lowest BCUT2D eigenvalue weighted by Crippen LogP contribution is -2.62. The second-order valence-corrected chi connectivity index (χ2v) is 7.48. The number of nitrogens with one attached hydrogen (secondary N) is 2. The van der Waals surface area contributed by atoms with Crippen LogP contribution in [0.2, 0.25) is 0 Å². The molecule has 1 aliphatic heterocycles. The van der Waals surface area contributed by atoms with Crippen molar-refractivity contribution >= 4 is 11.9 Å². The van der Waals surface area contributed by atoms with Gasteiger partial charge in [-0.3, -0.25) is 15.1 Å². The number of carbonyl (C=O) groups is 1. The Bertz CT molecular complexity index is 937. The molecule has 0 spiro atoms. The van der Waals surface area contributed by atoms with E-state index in [1.54, 1.807) is 19.9 Å². The van der Waals surface area contributed by atoms with E-state index in [0.29, 0.717) is 16.7 Å². The Labute approximate surface area is 161 Å². The van der Waals surface area contributed by atoms with Crippen molar-refractivity contribution in [1.29, 1.82) is 5.41 Å². The first-order valence-corrected chi connectivity index (χ1v) is 8.84. The number of likely N-dealkylation sites (N-methyl/N-ethyl adjacent to an activating group) is 1. The Morgan fingerprint density at radius 3 is 2.32 bits per heavy atom. The van der Waals surface area contributed by atoms with Gasteiger partial charge in [0, 0.05) is 19.5 Å². The summed E-state index contributed by atoms with van der Waals surface area (Å²) in [6.07, 6.45) is 0. The molecule has 2 atom stereocenters. The molecule has 0 radical (unpaired) electrons. The lowest BCUT2D eigenvalue weighted by atomic mass is 9.72. The monoisotopic (exact) mass is 389 g/mol. The number of alkyl halides is 2. The average molecular weight is 389 g/mol. The van der Waals surface area contributed by atoms with E-state index in [0.717, 1.165) is 6.92 Å². The van der Waals surface area contributed by atoms with E-state index in [2.05, 4.69) is 5.32 Å². The van der Waals surface area contributed by atoms with E-state index in [4.69, 9.17) is 5.41 Å². The minimum absolute atomic E-state index is 0.0795. The van der Waals surface area contributed by atoms with Crippen LogP contribution in [0.4, 0.5) is 13.2 Å². The molecule has 0 aromatic heterocycles. The number of guanidine groups is 1. The van der Waals surface area contributed by atoms with Crippen molar-refractivity contribution in [3.8, 4) is 0 Å². The fourth-order valence-corrected chi connectivity index (χ4v) is 3.83. The van der Waals surface area contributed by atoms with Crippen LogP contribution in [0.1, 0.15) is 42.0 Å². The van der Waals surface area contributed by atoms with Gasteiger partial charge in [0.15, 0.2) is 5.96 Å². The van der Waals surface area contributed by atoms with Crippen molar-refractivity contribution in [3.63, 3.8) is 0 Å². The molecular formula is C21H22F3N3O. The zero-order chi connectivity index (χ0) is 20.9. The van der Waals surface area contributed by atoms with Crippen LogP contribution in [0.5, 0.6) is 0 Å². The Balaban J connectivity index is 2.16. The van der Waals surface area contributed by atoms with Gasteiger partial charge in [-0.25, -0.2) is 13.2 Å². The number of nitrogens with zero attached hydrogens (tertiary/aromatic N) is 1. The zero-order valence-electron chi connectivity index (χ0n) is 16.1. The van der Waals surface area contributed by atoms with Crippen LogP contribution < -0.4 is 5.32 Å². The van der Waals surface area contributed by atoms with E-state index >= 15 is 0 Å². The number of hydrogen-bond donors (Lipinski definition) is 2. The molecule has 3 rings (SSSR count). The highest BCUT2D eigenvalue weighted by Crippen LogP contribution is 2.42. The van der Waals surface area contributed by atoms with Gasteiger partial charge in [-0.15, -0.1) is 0 Å². The Kier molecular flexibility index (Phi) is 4.73. The molecule has 0 saturated carbocycles. The van der Waals surface area contributed by atoms with Crippen LogP contribution >= 0.6 is 0 Å². The highest BCUT2D eigenvalue weighted by molar-refractivity contribution is 6.02. The van der Waals surface area contributed by atoms with E-state index in [9.17, 15) is 18.0 Å². The number of amides is 1. The smallest absolute Gasteiger partial charge is 0.270 e. The van der Waals surface area contributed by atoms with Gasteiger partial charge >= 0.3 is 0 Å². The molecule has 1 fully saturated rings. The molecule has 2 aromatic rings. The number of hydrogen-bond acceptors (Lipinski definition) is 2. The van der Waals surface area contributed by atoms with Crippen molar-refractivity contribution in [3.05, 3.63) is 70.5 Å². The molecule has 0 bridgehead atoms. The van der Waals surface area contributed by atoms with Crippen LogP contribution in [0.25, 0.3) is 0 Å². The highest BCUT2D eigenvalue weighted by atomic mass is 19.3. The molecule has 0 aliphatic carbocycles. The summed E-state index contributed by atoms with van der Waals surface area (Å²) in [4.78, 5) is 14.3. The zero-order valence-corrected chi connectivity index (χ0v) is 16.1. The van der Waals surface area contributed by atoms with Gasteiger partial charge in [0.1, 0.15) is 5.82 Å². The van der Waals surface area contributed by atoms with Crippen LogP contribution in [0, 0.1) is 18.2 Å². The predicted molar refractivity (Wildman–Crippen MR) is 101 cm³/mol. The normalized spacial score (nSPS) is 23.0. The molecule has 7 heteroatoms. The number of carbonyl (C=O) groups excluding carboxylic acids is 1. The summed E-state index contributed by atoms with van der Waals surface area (Å²) < 4.78 is 40.8. The molecule has 1 amide bonds. The van der Waals surface area contributed by atoms with Gasteiger partial charge in [-0.2, -0.15) is 0 Å². The van der Waals surface area contributed by atoms with Gasteiger partial charge in [0.2, 0.25) is 5.91 Å². The topological polar surface area (TPSA) is 56.2 Å². The lowest BCUT2D eigenvalue weighted by molar-refractivity contribution is -0.131. The summed E-state index contributed by atoms with van der Waals surface area (Å²) in [6.45, 7) is 4.31. The Morgan fingerprint density at radius 2 is 1.79 bits per heavy atom. The molecule has 2 aromatic carbocycles. The maximum absolute atomic E-state index is 13.6. The van der Waals surface area contributed by atoms with Gasteiger partial charge in [0.25, 0.3) is 5.92 Å². The van der Waals surface area contributed by atoms with Crippen LogP contribution in [0.15, 0.2) is 42.5 Å². The first kappa shape index (κ1) is 19.9. The fraction of sp³-hybridized carbons (Fsp3) is 0.333.